The van der Waals surface area contributed by atoms with Gasteiger partial charge >= 0.3 is 0 Å². The molecule has 6 nitrogen and oxygen atoms in total. The highest BCUT2D eigenvalue weighted by Gasteiger charge is 2.60. The zero-order valence-electron chi connectivity index (χ0n) is 23.2. The largest absolute Gasteiger partial charge is 0.352 e. The average molecular weight is 536 g/mol. The fourth-order valence-corrected chi connectivity index (χ4v) is 11.6. The van der Waals surface area contributed by atoms with Crippen molar-refractivity contribution in [2.75, 3.05) is 0 Å². The molecule has 0 heterocycles. The van der Waals surface area contributed by atoms with E-state index in [1.54, 1.807) is 0 Å². The van der Waals surface area contributed by atoms with Gasteiger partial charge in [-0.25, -0.2) is 0 Å². The topological polar surface area (TPSA) is 101 Å². The van der Waals surface area contributed by atoms with Crippen molar-refractivity contribution < 1.29 is 22.6 Å². The number of hydrogen-bond donors (Lipinski definition) is 2. The highest BCUT2D eigenvalue weighted by Crippen LogP contribution is 2.68. The van der Waals surface area contributed by atoms with Crippen LogP contribution in [-0.2, 0) is 19.7 Å². The van der Waals surface area contributed by atoms with Crippen LogP contribution in [0, 0.1) is 46.3 Å². The second-order valence-electron chi connectivity index (χ2n) is 14.2. The number of hydrogen-bond acceptors (Lipinski definition) is 4. The van der Waals surface area contributed by atoms with Gasteiger partial charge in [-0.3, -0.25) is 14.1 Å². The third-order valence-electron chi connectivity index (χ3n) is 12.5. The lowest BCUT2D eigenvalue weighted by Gasteiger charge is -2.60. The lowest BCUT2D eigenvalue weighted by Crippen LogP contribution is -2.53. The van der Waals surface area contributed by atoms with Crippen molar-refractivity contribution >= 4 is 21.8 Å². The van der Waals surface area contributed by atoms with E-state index < -0.39 is 21.4 Å². The number of amides is 1. The van der Waals surface area contributed by atoms with Gasteiger partial charge in [-0.05, 0) is 111 Å². The van der Waals surface area contributed by atoms with Crippen molar-refractivity contribution in [3.8, 4) is 0 Å². The molecule has 7 heteroatoms. The van der Waals surface area contributed by atoms with Crippen molar-refractivity contribution in [1.29, 1.82) is 0 Å². The zero-order valence-corrected chi connectivity index (χ0v) is 24.0. The Hall–Kier alpha value is -0.950. The highest BCUT2D eigenvalue weighted by molar-refractivity contribution is 7.86. The normalized spacial score (nSPS) is 44.9. The maximum absolute atomic E-state index is 12.8. The number of fused-ring (bicyclic) bond motifs is 5. The molecule has 5 aliphatic rings. The zero-order chi connectivity index (χ0) is 26.6. The fraction of sp³-hybridized carbons (Fsp3) is 0.933. The van der Waals surface area contributed by atoms with E-state index >= 15 is 0 Å². The summed E-state index contributed by atoms with van der Waals surface area (Å²) < 4.78 is 33.2. The second kappa shape index (κ2) is 10.2. The molecule has 5 aliphatic carbocycles. The summed E-state index contributed by atoms with van der Waals surface area (Å²) in [5.41, 5.74) is 0.684. The van der Waals surface area contributed by atoms with Gasteiger partial charge in [0, 0.05) is 25.3 Å². The number of Topliss-reactive ketones (excluding diaryl/α,β-unsaturated/α-hetero) is 1. The summed E-state index contributed by atoms with van der Waals surface area (Å²) in [6.45, 7) is 7.38. The first kappa shape index (κ1) is 27.6. The van der Waals surface area contributed by atoms with Gasteiger partial charge in [0.05, 0.1) is 0 Å². The van der Waals surface area contributed by atoms with E-state index in [4.69, 9.17) is 0 Å². The van der Waals surface area contributed by atoms with Crippen molar-refractivity contribution in [3.63, 3.8) is 0 Å². The minimum absolute atomic E-state index is 0.0751. The Morgan fingerprint density at radius 3 is 2.49 bits per heavy atom. The highest BCUT2D eigenvalue weighted by atomic mass is 32.2. The van der Waals surface area contributed by atoms with Gasteiger partial charge in [0.25, 0.3) is 10.1 Å². The van der Waals surface area contributed by atoms with Crippen LogP contribution in [0.15, 0.2) is 0 Å². The maximum Gasteiger partial charge on any atom is 0.269 e. The fourth-order valence-electron chi connectivity index (χ4n) is 10.5. The number of ketones is 1. The van der Waals surface area contributed by atoms with E-state index in [9.17, 15) is 22.6 Å². The predicted octanol–water partition coefficient (Wildman–Crippen LogP) is 5.95. The molecular formula is C30H49NO5S. The molecule has 0 aromatic carbocycles. The van der Waals surface area contributed by atoms with E-state index in [1.807, 2.05) is 0 Å². The lowest BCUT2D eigenvalue weighted by molar-refractivity contribution is -0.140. The third-order valence-corrected chi connectivity index (χ3v) is 13.8. The molecule has 0 saturated heterocycles. The molecule has 210 valence electrons. The molecule has 5 rings (SSSR count). The lowest BCUT2D eigenvalue weighted by atomic mass is 9.44. The average Bonchev–Trinajstić information content (AvgIpc) is 3.20. The molecule has 0 aliphatic heterocycles. The molecule has 5 saturated carbocycles. The molecule has 5 fully saturated rings. The van der Waals surface area contributed by atoms with Crippen LogP contribution in [-0.4, -0.2) is 36.0 Å². The van der Waals surface area contributed by atoms with Crippen LogP contribution in [0.1, 0.15) is 117 Å². The Bertz CT molecular complexity index is 996. The molecular weight excluding hydrogens is 486 g/mol. The SMILES string of the molecule is C[C@H](CCC(=O)N[C@H]1CCCC[C@H]1S(=O)(=O)O)[C@H]1CC[C@H]2[C@@H]3CC[C@@H]4CC(=O)CC[C@]4(C)[C@H]3CC[C@]12C. The minimum atomic E-state index is -4.14. The Kier molecular flexibility index (Phi) is 7.63. The van der Waals surface area contributed by atoms with Crippen molar-refractivity contribution in [1.82, 2.24) is 5.32 Å². The van der Waals surface area contributed by atoms with Crippen LogP contribution >= 0.6 is 0 Å². The number of rotatable bonds is 6. The number of nitrogens with one attached hydrogen (secondary N) is 1. The van der Waals surface area contributed by atoms with E-state index in [0.717, 1.165) is 56.3 Å². The summed E-state index contributed by atoms with van der Waals surface area (Å²) >= 11 is 0. The summed E-state index contributed by atoms with van der Waals surface area (Å²) in [4.78, 5) is 25.0. The summed E-state index contributed by atoms with van der Waals surface area (Å²) in [5.74, 6) is 4.41. The summed E-state index contributed by atoms with van der Waals surface area (Å²) in [5, 5.41) is 2.09. The van der Waals surface area contributed by atoms with Gasteiger partial charge in [0.1, 0.15) is 11.0 Å². The standard InChI is InChI=1S/C30H49NO5S/c1-19(8-13-28(33)31-26-6-4-5-7-27(26)37(34,35)36)23-11-12-24-22-10-9-20-18-21(32)14-16-29(20,2)25(22)15-17-30(23,24)3/h19-20,22-27H,4-18H2,1-3H3,(H,31,33)(H,34,35,36)/t19-,20-,22+,23-,24+,25+,26+,27-,29+,30-/m1/s1. The van der Waals surface area contributed by atoms with E-state index in [-0.39, 0.29) is 5.91 Å². The molecule has 0 bridgehead atoms. The maximum atomic E-state index is 12.8. The first-order valence-corrected chi connectivity index (χ1v) is 16.7. The van der Waals surface area contributed by atoms with Gasteiger partial charge in [-0.1, -0.05) is 33.6 Å². The monoisotopic (exact) mass is 535 g/mol. The van der Waals surface area contributed by atoms with Crippen LogP contribution in [0.25, 0.3) is 0 Å². The summed E-state index contributed by atoms with van der Waals surface area (Å²) in [7, 11) is -4.14. The van der Waals surface area contributed by atoms with Crippen LogP contribution in [0.3, 0.4) is 0 Å². The van der Waals surface area contributed by atoms with Crippen molar-refractivity contribution in [3.05, 3.63) is 0 Å². The van der Waals surface area contributed by atoms with Crippen LogP contribution in [0.5, 0.6) is 0 Å². The van der Waals surface area contributed by atoms with Gasteiger partial charge in [0.2, 0.25) is 5.91 Å². The van der Waals surface area contributed by atoms with E-state index in [0.29, 0.717) is 53.6 Å². The Morgan fingerprint density at radius 1 is 1.00 bits per heavy atom. The molecule has 1 amide bonds. The van der Waals surface area contributed by atoms with Gasteiger partial charge in [-0.15, -0.1) is 0 Å². The quantitative estimate of drug-likeness (QED) is 0.410. The number of carbonyl (C=O) groups excluding carboxylic acids is 2. The molecule has 37 heavy (non-hydrogen) atoms. The Morgan fingerprint density at radius 2 is 1.73 bits per heavy atom. The summed E-state index contributed by atoms with van der Waals surface area (Å²) in [6.07, 6.45) is 14.3. The smallest absolute Gasteiger partial charge is 0.269 e. The Labute approximate surface area is 224 Å². The minimum Gasteiger partial charge on any atom is -0.352 e. The molecule has 0 aromatic rings. The molecule has 10 atom stereocenters. The van der Waals surface area contributed by atoms with E-state index in [2.05, 4.69) is 26.1 Å². The van der Waals surface area contributed by atoms with E-state index in [1.165, 1.54) is 38.5 Å². The molecule has 0 spiro atoms. The molecule has 2 N–H and O–H groups in total. The molecule has 0 unspecified atom stereocenters. The molecule has 0 radical (unpaired) electrons. The second-order valence-corrected chi connectivity index (χ2v) is 15.8. The Balaban J connectivity index is 1.19. The summed E-state index contributed by atoms with van der Waals surface area (Å²) in [6, 6.07) is -0.471. The predicted molar refractivity (Wildman–Crippen MR) is 144 cm³/mol. The van der Waals surface area contributed by atoms with Crippen LogP contribution < -0.4 is 5.32 Å². The van der Waals surface area contributed by atoms with Crippen LogP contribution in [0.4, 0.5) is 0 Å². The first-order chi connectivity index (χ1) is 17.4. The van der Waals surface area contributed by atoms with Gasteiger partial charge in [-0.2, -0.15) is 8.42 Å². The molecule has 0 aromatic heterocycles. The van der Waals surface area contributed by atoms with Crippen molar-refractivity contribution in [2.24, 2.45) is 46.3 Å². The van der Waals surface area contributed by atoms with Gasteiger partial charge < -0.3 is 5.32 Å². The van der Waals surface area contributed by atoms with Crippen LogP contribution in [0.2, 0.25) is 0 Å². The first-order valence-electron chi connectivity index (χ1n) is 15.2. The number of carbonyl (C=O) groups is 2. The third kappa shape index (κ3) is 5.05. The van der Waals surface area contributed by atoms with Crippen molar-refractivity contribution in [2.45, 2.75) is 128 Å². The van der Waals surface area contributed by atoms with Gasteiger partial charge in [0.15, 0.2) is 0 Å².